The highest BCUT2D eigenvalue weighted by atomic mass is 16.6. The number of ether oxygens (including phenoxy) is 2. The van der Waals surface area contributed by atoms with Gasteiger partial charge >= 0.3 is 5.97 Å². The van der Waals surface area contributed by atoms with Gasteiger partial charge in [0.15, 0.2) is 0 Å². The summed E-state index contributed by atoms with van der Waals surface area (Å²) >= 11 is 0. The van der Waals surface area contributed by atoms with Crippen molar-refractivity contribution >= 4 is 5.97 Å². The van der Waals surface area contributed by atoms with Gasteiger partial charge in [-0.2, -0.15) is 0 Å². The van der Waals surface area contributed by atoms with Gasteiger partial charge in [-0.25, -0.2) is 0 Å². The van der Waals surface area contributed by atoms with Crippen molar-refractivity contribution in [1.29, 1.82) is 0 Å². The molecule has 6 atom stereocenters. The Labute approximate surface area is 138 Å². The fourth-order valence-electron chi connectivity index (χ4n) is 5.65. The van der Waals surface area contributed by atoms with Gasteiger partial charge in [0.2, 0.25) is 0 Å². The Morgan fingerprint density at radius 3 is 2.96 bits per heavy atom. The molecule has 2 heterocycles. The Morgan fingerprint density at radius 1 is 1.39 bits per heavy atom. The minimum atomic E-state index is -0.0269. The molecule has 0 unspecified atom stereocenters. The molecule has 4 fully saturated rings. The van der Waals surface area contributed by atoms with E-state index >= 15 is 0 Å². The average Bonchev–Trinajstić information content (AvgIpc) is 3.21. The number of nitrogens with one attached hydrogen (secondary N) is 1. The fraction of sp³-hybridized carbons (Fsp3) is 0.944. The third-order valence-electron chi connectivity index (χ3n) is 6.96. The van der Waals surface area contributed by atoms with Crippen molar-refractivity contribution in [2.45, 2.75) is 57.2 Å². The van der Waals surface area contributed by atoms with Gasteiger partial charge < -0.3 is 19.9 Å². The van der Waals surface area contributed by atoms with Crippen molar-refractivity contribution in [1.82, 2.24) is 5.32 Å². The van der Waals surface area contributed by atoms with E-state index < -0.39 is 0 Å². The summed E-state index contributed by atoms with van der Waals surface area (Å²) in [6.07, 6.45) is 6.58. The number of fused-ring (bicyclic) bond motifs is 3. The first-order valence-corrected chi connectivity index (χ1v) is 9.24. The molecule has 2 aliphatic carbocycles. The Hall–Kier alpha value is -0.650. The highest BCUT2D eigenvalue weighted by Crippen LogP contribution is 2.62. The lowest BCUT2D eigenvalue weighted by atomic mass is 9.53. The van der Waals surface area contributed by atoms with Gasteiger partial charge in [-0.1, -0.05) is 6.92 Å². The number of carbonyl (C=O) groups is 1. The molecule has 23 heavy (non-hydrogen) atoms. The molecular formula is C18H29NO4. The van der Waals surface area contributed by atoms with Crippen molar-refractivity contribution in [3.8, 4) is 0 Å². The predicted octanol–water partition coefficient (Wildman–Crippen LogP) is 1.49. The average molecular weight is 323 g/mol. The molecule has 2 saturated carbocycles. The van der Waals surface area contributed by atoms with Crippen LogP contribution in [0.25, 0.3) is 0 Å². The van der Waals surface area contributed by atoms with Crippen LogP contribution in [0.3, 0.4) is 0 Å². The monoisotopic (exact) mass is 323 g/mol. The van der Waals surface area contributed by atoms with Gasteiger partial charge in [0, 0.05) is 19.1 Å². The van der Waals surface area contributed by atoms with Crippen molar-refractivity contribution < 1.29 is 19.4 Å². The zero-order chi connectivity index (χ0) is 16.1. The molecule has 0 aromatic heterocycles. The number of epoxide rings is 1. The number of rotatable bonds is 5. The SMILES string of the molecule is C[C@]12CCC[C@]3(CO3)[C@@H]1C[C@H]1[C@@H](C2)OC(=O)[C@@H]1CNCCCO. The van der Waals surface area contributed by atoms with Gasteiger partial charge in [-0.15, -0.1) is 0 Å². The Balaban J connectivity index is 1.47. The maximum Gasteiger partial charge on any atom is 0.310 e. The second kappa shape index (κ2) is 5.71. The summed E-state index contributed by atoms with van der Waals surface area (Å²) < 4.78 is 11.7. The summed E-state index contributed by atoms with van der Waals surface area (Å²) in [5.41, 5.74) is 0.397. The minimum Gasteiger partial charge on any atom is -0.462 e. The zero-order valence-electron chi connectivity index (χ0n) is 14.1. The van der Waals surface area contributed by atoms with E-state index in [0.29, 0.717) is 18.4 Å². The fourth-order valence-corrected chi connectivity index (χ4v) is 5.65. The van der Waals surface area contributed by atoms with Crippen molar-refractivity contribution in [2.75, 3.05) is 26.3 Å². The summed E-state index contributed by atoms with van der Waals surface area (Å²) in [5.74, 6) is 0.867. The van der Waals surface area contributed by atoms with Gasteiger partial charge in [0.05, 0.1) is 18.1 Å². The first-order valence-electron chi connectivity index (χ1n) is 9.24. The van der Waals surface area contributed by atoms with E-state index in [0.717, 1.165) is 32.4 Å². The molecule has 0 radical (unpaired) electrons. The van der Waals surface area contributed by atoms with Crippen molar-refractivity contribution in [3.05, 3.63) is 0 Å². The number of carbonyl (C=O) groups excluding carboxylic acids is 1. The van der Waals surface area contributed by atoms with Crippen LogP contribution in [0.15, 0.2) is 0 Å². The molecule has 0 amide bonds. The summed E-state index contributed by atoms with van der Waals surface area (Å²) in [4.78, 5) is 12.3. The van der Waals surface area contributed by atoms with Crippen LogP contribution in [-0.2, 0) is 14.3 Å². The van der Waals surface area contributed by atoms with Gasteiger partial charge in [0.1, 0.15) is 6.10 Å². The van der Waals surface area contributed by atoms with Crippen molar-refractivity contribution in [2.24, 2.45) is 23.2 Å². The first-order chi connectivity index (χ1) is 11.1. The smallest absolute Gasteiger partial charge is 0.310 e. The second-order valence-corrected chi connectivity index (χ2v) is 8.38. The molecule has 1 spiro atoms. The predicted molar refractivity (Wildman–Crippen MR) is 84.8 cm³/mol. The van der Waals surface area contributed by atoms with Crippen LogP contribution in [-0.4, -0.2) is 49.1 Å². The standard InChI is InChI=1S/C18H29NO4/c1-17-4-2-5-18(11-22-18)15(17)8-12-13(10-19-6-3-7-20)16(21)23-14(12)9-17/h12-15,19-20H,2-11H2,1H3/t12-,13-,14-,15-,17-,18+/m1/s1. The molecule has 0 aromatic rings. The summed E-state index contributed by atoms with van der Waals surface area (Å²) in [6.45, 7) is 4.92. The Kier molecular flexibility index (Phi) is 3.94. The number of hydrogen-bond acceptors (Lipinski definition) is 5. The van der Waals surface area contributed by atoms with E-state index in [-0.39, 0.29) is 35.6 Å². The summed E-state index contributed by atoms with van der Waals surface area (Å²) in [7, 11) is 0. The lowest BCUT2D eigenvalue weighted by molar-refractivity contribution is -0.147. The molecule has 5 nitrogen and oxygen atoms in total. The molecular weight excluding hydrogens is 294 g/mol. The first kappa shape index (κ1) is 15.9. The maximum atomic E-state index is 12.3. The zero-order valence-corrected chi connectivity index (χ0v) is 14.1. The Bertz CT molecular complexity index is 478. The molecule has 2 saturated heterocycles. The van der Waals surface area contributed by atoms with Crippen LogP contribution in [0.4, 0.5) is 0 Å². The maximum absolute atomic E-state index is 12.3. The molecule has 5 heteroatoms. The van der Waals surface area contributed by atoms with Crippen LogP contribution in [0.1, 0.15) is 45.4 Å². The number of aliphatic hydroxyl groups excluding tert-OH is 1. The molecule has 4 rings (SSSR count). The highest BCUT2D eigenvalue weighted by Gasteiger charge is 2.64. The van der Waals surface area contributed by atoms with Gasteiger partial charge in [-0.3, -0.25) is 4.79 Å². The summed E-state index contributed by atoms with van der Waals surface area (Å²) in [6, 6.07) is 0. The van der Waals surface area contributed by atoms with E-state index in [1.54, 1.807) is 0 Å². The van der Waals surface area contributed by atoms with E-state index in [1.807, 2.05) is 0 Å². The van der Waals surface area contributed by atoms with Gasteiger partial charge in [-0.05, 0) is 56.4 Å². The van der Waals surface area contributed by atoms with E-state index in [4.69, 9.17) is 14.6 Å². The van der Waals surface area contributed by atoms with Crippen LogP contribution in [0.2, 0.25) is 0 Å². The van der Waals surface area contributed by atoms with Crippen LogP contribution in [0, 0.1) is 23.2 Å². The number of aliphatic hydroxyl groups is 1. The van der Waals surface area contributed by atoms with Gasteiger partial charge in [0.25, 0.3) is 0 Å². The number of esters is 1. The normalized spacial score (nSPS) is 48.0. The molecule has 130 valence electrons. The van der Waals surface area contributed by atoms with Crippen molar-refractivity contribution in [3.63, 3.8) is 0 Å². The minimum absolute atomic E-state index is 0.0236. The van der Waals surface area contributed by atoms with E-state index in [9.17, 15) is 4.79 Å². The van der Waals surface area contributed by atoms with Crippen LogP contribution >= 0.6 is 0 Å². The third-order valence-corrected chi connectivity index (χ3v) is 6.96. The lowest BCUT2D eigenvalue weighted by Crippen LogP contribution is -2.51. The topological polar surface area (TPSA) is 71.1 Å². The van der Waals surface area contributed by atoms with E-state index in [2.05, 4.69) is 12.2 Å². The molecule has 2 N–H and O–H groups in total. The second-order valence-electron chi connectivity index (χ2n) is 8.38. The molecule has 0 bridgehead atoms. The van der Waals surface area contributed by atoms with E-state index in [1.165, 1.54) is 19.3 Å². The van der Waals surface area contributed by atoms with Crippen LogP contribution in [0.5, 0.6) is 0 Å². The molecule has 2 aliphatic heterocycles. The molecule has 4 aliphatic rings. The highest BCUT2D eigenvalue weighted by molar-refractivity contribution is 5.75. The third kappa shape index (κ3) is 2.61. The quantitative estimate of drug-likeness (QED) is 0.456. The Morgan fingerprint density at radius 2 is 2.22 bits per heavy atom. The lowest BCUT2D eigenvalue weighted by Gasteiger charge is -2.51. The molecule has 0 aromatic carbocycles. The van der Waals surface area contributed by atoms with Crippen LogP contribution < -0.4 is 5.32 Å². The number of hydrogen-bond donors (Lipinski definition) is 2. The summed E-state index contributed by atoms with van der Waals surface area (Å²) in [5, 5.41) is 12.2. The largest absolute Gasteiger partial charge is 0.462 e.